The predicted molar refractivity (Wildman–Crippen MR) is 243 cm³/mol. The van der Waals surface area contributed by atoms with Crippen LogP contribution in [0.4, 0.5) is 47.3 Å². The highest BCUT2D eigenvalue weighted by atomic mass is 35.5. The summed E-state index contributed by atoms with van der Waals surface area (Å²) < 4.78 is 82.4. The van der Waals surface area contributed by atoms with E-state index >= 15 is 0 Å². The summed E-state index contributed by atoms with van der Waals surface area (Å²) in [6.45, 7) is 10.6. The number of rotatable bonds is 14. The Morgan fingerprint density at radius 2 is 1.17 bits per heavy atom. The molecule has 1 N–H and O–H groups in total. The third kappa shape index (κ3) is 13.9. The zero-order chi connectivity index (χ0) is 49.8. The molecule has 5 heterocycles. The molecule has 3 aromatic heterocycles. The summed E-state index contributed by atoms with van der Waals surface area (Å²) in [6.07, 6.45) is -3.43. The number of amides is 5. The Balaban J connectivity index is 0.000000227. The van der Waals surface area contributed by atoms with Crippen molar-refractivity contribution < 1.29 is 49.9 Å². The van der Waals surface area contributed by atoms with Crippen molar-refractivity contribution in [3.8, 4) is 11.5 Å². The monoisotopic (exact) mass is 1010 g/mol. The highest BCUT2D eigenvalue weighted by Gasteiger charge is 2.29. The molecule has 2 aromatic carbocycles. The van der Waals surface area contributed by atoms with Gasteiger partial charge < -0.3 is 29.3 Å². The van der Waals surface area contributed by atoms with Crippen LogP contribution in [0.2, 0.25) is 10.0 Å². The SMILES string of the molecule is CCN1CCN(C(=O)N(Cc2ccc(-c3nnc(C(F)F)o3)cn2)c2ccc(F)c(Cl)c2)CC1.CCN1CCN(C(=O)N(Cc2ccc(C(=O)CNC(=O)C(F)F)cn2)c2ccc(F)c(Cl)c2)CC1. The number of anilines is 2. The lowest BCUT2D eigenvalue weighted by Gasteiger charge is -2.37. The molecular weight excluding hydrogens is 959 g/mol. The molecule has 368 valence electrons. The maximum atomic E-state index is 13.8. The molecular formula is C45H47Cl2F6N11O5. The van der Waals surface area contributed by atoms with E-state index in [2.05, 4.69) is 43.8 Å². The molecule has 0 spiro atoms. The van der Waals surface area contributed by atoms with E-state index in [9.17, 15) is 45.5 Å². The standard InChI is InChI=1S/C23H25ClF3N5O3.C22H22ClF3N6O2/c1-2-30-7-9-31(10-8-30)23(35)32(17-5-6-19(25)18(24)11-17)14-16-4-3-15(12-28-16)20(33)13-29-22(34)21(26)27;1-2-30-7-9-31(10-8-30)22(33)32(16-5-6-18(24)17(23)11-16)13-15-4-3-14(12-27-15)20-28-29-21(34-20)19(25)26/h3-6,11-12,21H,2,7-10,13-14H2,1H3,(H,29,34);3-6,11-12,19H,2,7-10,13H2,1H3. The van der Waals surface area contributed by atoms with E-state index in [0.717, 1.165) is 39.3 Å². The number of halogens is 8. The minimum Gasteiger partial charge on any atom is -0.415 e. The molecule has 7 rings (SSSR count). The third-order valence-corrected chi connectivity index (χ3v) is 11.8. The topological polar surface area (TPSA) is 164 Å². The van der Waals surface area contributed by atoms with Crippen molar-refractivity contribution in [3.63, 3.8) is 0 Å². The van der Waals surface area contributed by atoms with Crippen molar-refractivity contribution in [1.82, 2.24) is 45.1 Å². The molecule has 2 saturated heterocycles. The van der Waals surface area contributed by atoms with Gasteiger partial charge in [-0.3, -0.25) is 29.4 Å². The summed E-state index contributed by atoms with van der Waals surface area (Å²) in [6, 6.07) is 13.7. The number of carbonyl (C=O) groups excluding carboxylic acids is 4. The second-order valence-corrected chi connectivity index (χ2v) is 16.4. The molecule has 0 saturated carbocycles. The maximum absolute atomic E-state index is 13.8. The van der Waals surface area contributed by atoms with Gasteiger partial charge in [-0.1, -0.05) is 37.0 Å². The van der Waals surface area contributed by atoms with Crippen LogP contribution in [-0.2, 0) is 17.9 Å². The molecule has 0 radical (unpaired) electrons. The van der Waals surface area contributed by atoms with Crippen LogP contribution >= 0.6 is 23.2 Å². The number of urea groups is 2. The first-order chi connectivity index (χ1) is 33.0. The minimum absolute atomic E-state index is 0.0192. The number of pyridine rings is 2. The van der Waals surface area contributed by atoms with E-state index in [1.54, 1.807) is 21.9 Å². The van der Waals surface area contributed by atoms with Gasteiger partial charge in [-0.2, -0.15) is 17.6 Å². The Morgan fingerprint density at radius 1 is 0.681 bits per heavy atom. The van der Waals surface area contributed by atoms with Crippen LogP contribution in [0.15, 0.2) is 77.5 Å². The largest absolute Gasteiger partial charge is 0.415 e. The number of Topliss-reactive ketones (excluding diaryl/α,β-unsaturated/α-hetero) is 1. The van der Waals surface area contributed by atoms with Crippen molar-refractivity contribution >= 4 is 58.3 Å². The van der Waals surface area contributed by atoms with Crippen LogP contribution < -0.4 is 15.1 Å². The average Bonchev–Trinajstić information content (AvgIpc) is 3.87. The molecule has 5 aromatic rings. The zero-order valence-electron chi connectivity index (χ0n) is 37.3. The highest BCUT2D eigenvalue weighted by molar-refractivity contribution is 6.31. The Kier molecular flexibility index (Phi) is 18.3. The second-order valence-electron chi connectivity index (χ2n) is 15.5. The van der Waals surface area contributed by atoms with Gasteiger partial charge in [-0.25, -0.2) is 18.4 Å². The van der Waals surface area contributed by atoms with Crippen LogP contribution in [0.25, 0.3) is 11.5 Å². The number of hydrogen-bond acceptors (Lipinski definition) is 11. The molecule has 2 aliphatic heterocycles. The van der Waals surface area contributed by atoms with E-state index in [1.807, 2.05) is 5.32 Å². The van der Waals surface area contributed by atoms with Crippen LogP contribution in [0.3, 0.4) is 0 Å². The summed E-state index contributed by atoms with van der Waals surface area (Å²) in [5.41, 5.74) is 2.23. The predicted octanol–water partition coefficient (Wildman–Crippen LogP) is 7.83. The number of alkyl halides is 4. The molecule has 0 aliphatic carbocycles. The van der Waals surface area contributed by atoms with Crippen molar-refractivity contribution in [2.75, 3.05) is 81.8 Å². The van der Waals surface area contributed by atoms with E-state index in [4.69, 9.17) is 27.6 Å². The lowest BCUT2D eigenvalue weighted by molar-refractivity contribution is -0.131. The molecule has 0 atom stereocenters. The highest BCUT2D eigenvalue weighted by Crippen LogP contribution is 2.28. The van der Waals surface area contributed by atoms with Gasteiger partial charge in [-0.05, 0) is 73.8 Å². The number of carbonyl (C=O) groups is 4. The van der Waals surface area contributed by atoms with Crippen LogP contribution in [0.1, 0.15) is 47.9 Å². The molecule has 0 unspecified atom stereocenters. The smallest absolute Gasteiger partial charge is 0.324 e. The summed E-state index contributed by atoms with van der Waals surface area (Å²) in [5, 5.41) is 8.53. The molecule has 69 heavy (non-hydrogen) atoms. The van der Waals surface area contributed by atoms with Gasteiger partial charge >= 0.3 is 24.9 Å². The number of likely N-dealkylation sites (N-methyl/N-ethyl adjacent to an activating group) is 2. The average molecular weight is 1010 g/mol. The first-order valence-electron chi connectivity index (χ1n) is 21.6. The van der Waals surface area contributed by atoms with Gasteiger partial charge in [0.2, 0.25) is 5.89 Å². The fraction of sp³-hybridized carbons (Fsp3) is 0.378. The Bertz CT molecular complexity index is 2550. The van der Waals surface area contributed by atoms with Crippen molar-refractivity contribution in [2.24, 2.45) is 0 Å². The zero-order valence-corrected chi connectivity index (χ0v) is 38.8. The summed E-state index contributed by atoms with van der Waals surface area (Å²) in [4.78, 5) is 69.3. The molecule has 2 aliphatic rings. The van der Waals surface area contributed by atoms with E-state index < -0.39 is 48.6 Å². The van der Waals surface area contributed by atoms with Crippen LogP contribution in [0.5, 0.6) is 0 Å². The third-order valence-electron chi connectivity index (χ3n) is 11.2. The first kappa shape index (κ1) is 52.0. The fourth-order valence-electron chi connectivity index (χ4n) is 7.13. The van der Waals surface area contributed by atoms with Crippen molar-refractivity contribution in [3.05, 3.63) is 118 Å². The van der Waals surface area contributed by atoms with E-state index in [0.29, 0.717) is 54.5 Å². The van der Waals surface area contributed by atoms with Gasteiger partial charge in [0.1, 0.15) is 11.6 Å². The van der Waals surface area contributed by atoms with Gasteiger partial charge in [-0.15, -0.1) is 10.2 Å². The minimum atomic E-state index is -3.21. The van der Waals surface area contributed by atoms with Crippen molar-refractivity contribution in [2.45, 2.75) is 39.8 Å². The molecule has 0 bridgehead atoms. The first-order valence-corrected chi connectivity index (χ1v) is 22.4. The van der Waals surface area contributed by atoms with Gasteiger partial charge in [0.05, 0.1) is 46.6 Å². The van der Waals surface area contributed by atoms with Gasteiger partial charge in [0, 0.05) is 81.7 Å². The van der Waals surface area contributed by atoms with Gasteiger partial charge in [0.15, 0.2) is 5.78 Å². The summed E-state index contributed by atoms with van der Waals surface area (Å²) >= 11 is 11.9. The summed E-state index contributed by atoms with van der Waals surface area (Å²) in [7, 11) is 0. The number of piperazine rings is 2. The van der Waals surface area contributed by atoms with Crippen LogP contribution in [-0.4, -0.2) is 142 Å². The van der Waals surface area contributed by atoms with Crippen molar-refractivity contribution in [1.29, 1.82) is 0 Å². The number of nitrogens with zero attached hydrogens (tertiary/aromatic N) is 10. The Labute approximate surface area is 402 Å². The number of benzene rings is 2. The number of nitrogens with one attached hydrogen (secondary N) is 1. The Morgan fingerprint density at radius 3 is 1.57 bits per heavy atom. The number of aromatic nitrogens is 4. The van der Waals surface area contributed by atoms with E-state index in [1.165, 1.54) is 70.7 Å². The second kappa shape index (κ2) is 24.3. The molecule has 2 fully saturated rings. The van der Waals surface area contributed by atoms with E-state index in [-0.39, 0.29) is 46.7 Å². The number of hydrogen-bond donors (Lipinski definition) is 1. The lowest BCUT2D eigenvalue weighted by atomic mass is 10.1. The Hall–Kier alpha value is -6.36. The van der Waals surface area contributed by atoms with Crippen LogP contribution in [0, 0.1) is 11.6 Å². The molecule has 16 nitrogen and oxygen atoms in total. The molecule has 5 amide bonds. The fourth-order valence-corrected chi connectivity index (χ4v) is 7.48. The normalized spacial score (nSPS) is 14.4. The summed E-state index contributed by atoms with van der Waals surface area (Å²) in [5.74, 6) is -4.17. The lowest BCUT2D eigenvalue weighted by Crippen LogP contribution is -2.52. The molecule has 24 heteroatoms. The maximum Gasteiger partial charge on any atom is 0.324 e. The number of ketones is 1. The quantitative estimate of drug-likeness (QED) is 0.0852. The van der Waals surface area contributed by atoms with Gasteiger partial charge in [0.25, 0.3) is 11.8 Å².